The van der Waals surface area contributed by atoms with Gasteiger partial charge >= 0.3 is 0 Å². The van der Waals surface area contributed by atoms with Gasteiger partial charge in [-0.05, 0) is 56.5 Å². The Labute approximate surface area is 194 Å². The van der Waals surface area contributed by atoms with Crippen molar-refractivity contribution in [3.8, 4) is 11.5 Å². The molecular weight excluding hydrogens is 417 g/mol. The Kier molecular flexibility index (Phi) is 7.73. The first kappa shape index (κ1) is 23.0. The molecule has 0 saturated carbocycles. The van der Waals surface area contributed by atoms with Gasteiger partial charge in [-0.3, -0.25) is 4.90 Å². The Morgan fingerprint density at radius 2 is 1.85 bits per heavy atom. The molecule has 7 heteroatoms. The van der Waals surface area contributed by atoms with Gasteiger partial charge in [0, 0.05) is 37.8 Å². The average Bonchev–Trinajstić information content (AvgIpc) is 3.30. The third-order valence-electron chi connectivity index (χ3n) is 5.84. The molecule has 0 aliphatic carbocycles. The van der Waals surface area contributed by atoms with E-state index in [0.29, 0.717) is 18.5 Å². The van der Waals surface area contributed by atoms with Crippen molar-refractivity contribution in [2.75, 3.05) is 19.6 Å². The van der Waals surface area contributed by atoms with Gasteiger partial charge in [0.2, 0.25) is 5.89 Å². The van der Waals surface area contributed by atoms with Crippen LogP contribution in [0.5, 0.6) is 0 Å². The number of halogens is 1. The summed E-state index contributed by atoms with van der Waals surface area (Å²) in [5, 5.41) is 6.90. The number of hydrogen-bond acceptors (Lipinski definition) is 4. The van der Waals surface area contributed by atoms with Crippen molar-refractivity contribution in [1.82, 2.24) is 20.5 Å². The quantitative estimate of drug-likeness (QED) is 0.410. The van der Waals surface area contributed by atoms with Crippen LogP contribution < -0.4 is 10.6 Å². The fourth-order valence-corrected chi connectivity index (χ4v) is 3.97. The second kappa shape index (κ2) is 11.1. The number of rotatable bonds is 7. The number of aromatic nitrogens is 1. The fraction of sp³-hybridized carbons (Fsp3) is 0.385. The SMILES string of the molecule is CCNC(=NCc1coc(-c2ccc(C)cc2)n1)NC1CCN(Cc2ccc(F)cc2)CC1. The number of aryl methyl sites for hydroxylation is 1. The number of likely N-dealkylation sites (tertiary alicyclic amines) is 1. The monoisotopic (exact) mass is 449 g/mol. The first-order valence-corrected chi connectivity index (χ1v) is 11.6. The standard InChI is InChI=1S/C26H32FN5O/c1-3-28-26(29-16-24-18-33-25(30-24)21-8-4-19(2)5-9-21)31-23-12-14-32(15-13-23)17-20-6-10-22(27)11-7-20/h4-11,18,23H,3,12-17H2,1-2H3,(H2,28,29,31). The maximum Gasteiger partial charge on any atom is 0.226 e. The van der Waals surface area contributed by atoms with Crippen molar-refractivity contribution in [3.05, 3.63) is 77.4 Å². The molecule has 0 radical (unpaired) electrons. The predicted octanol–water partition coefficient (Wildman–Crippen LogP) is 4.51. The number of nitrogens with one attached hydrogen (secondary N) is 2. The molecule has 1 aliphatic rings. The number of guanidine groups is 1. The lowest BCUT2D eigenvalue weighted by atomic mass is 10.0. The molecule has 1 aliphatic heterocycles. The summed E-state index contributed by atoms with van der Waals surface area (Å²) >= 11 is 0. The zero-order valence-electron chi connectivity index (χ0n) is 19.4. The summed E-state index contributed by atoms with van der Waals surface area (Å²) < 4.78 is 18.8. The van der Waals surface area contributed by atoms with Crippen LogP contribution in [0.3, 0.4) is 0 Å². The van der Waals surface area contributed by atoms with Crippen LogP contribution in [-0.4, -0.2) is 41.5 Å². The molecule has 0 amide bonds. The van der Waals surface area contributed by atoms with Crippen molar-refractivity contribution in [1.29, 1.82) is 0 Å². The zero-order chi connectivity index (χ0) is 23.0. The Hall–Kier alpha value is -3.19. The van der Waals surface area contributed by atoms with E-state index in [4.69, 9.17) is 9.41 Å². The van der Waals surface area contributed by atoms with Gasteiger partial charge in [0.05, 0.1) is 6.54 Å². The van der Waals surface area contributed by atoms with Crippen LogP contribution in [0, 0.1) is 12.7 Å². The summed E-state index contributed by atoms with van der Waals surface area (Å²) in [5.41, 5.74) is 4.12. The largest absolute Gasteiger partial charge is 0.444 e. The number of benzene rings is 2. The van der Waals surface area contributed by atoms with E-state index < -0.39 is 0 Å². The van der Waals surface area contributed by atoms with E-state index in [1.54, 1.807) is 6.26 Å². The van der Waals surface area contributed by atoms with E-state index >= 15 is 0 Å². The van der Waals surface area contributed by atoms with Crippen molar-refractivity contribution < 1.29 is 8.81 Å². The van der Waals surface area contributed by atoms with Crippen molar-refractivity contribution in [3.63, 3.8) is 0 Å². The summed E-state index contributed by atoms with van der Waals surface area (Å²) in [6, 6.07) is 15.3. The van der Waals surface area contributed by atoms with Gasteiger partial charge in [0.1, 0.15) is 17.8 Å². The number of oxazole rings is 1. The van der Waals surface area contributed by atoms with E-state index in [1.165, 1.54) is 17.7 Å². The Bertz CT molecular complexity index is 1040. The first-order valence-electron chi connectivity index (χ1n) is 11.6. The Morgan fingerprint density at radius 3 is 2.55 bits per heavy atom. The topological polar surface area (TPSA) is 65.7 Å². The maximum absolute atomic E-state index is 13.1. The van der Waals surface area contributed by atoms with Crippen molar-refractivity contribution in [2.45, 2.75) is 45.8 Å². The molecule has 0 spiro atoms. The molecule has 0 bridgehead atoms. The molecule has 174 valence electrons. The summed E-state index contributed by atoms with van der Waals surface area (Å²) in [7, 11) is 0. The van der Waals surface area contributed by atoms with Crippen LogP contribution >= 0.6 is 0 Å². The number of nitrogens with zero attached hydrogens (tertiary/aromatic N) is 3. The molecule has 1 saturated heterocycles. The second-order valence-corrected chi connectivity index (χ2v) is 8.53. The molecule has 0 atom stereocenters. The zero-order valence-corrected chi connectivity index (χ0v) is 19.4. The van der Waals surface area contributed by atoms with Gasteiger partial charge in [0.25, 0.3) is 0 Å². The van der Waals surface area contributed by atoms with Gasteiger partial charge in [-0.25, -0.2) is 14.4 Å². The summed E-state index contributed by atoms with van der Waals surface area (Å²) in [6.07, 6.45) is 3.75. The molecule has 2 heterocycles. The van der Waals surface area contributed by atoms with Crippen molar-refractivity contribution in [2.24, 2.45) is 4.99 Å². The maximum atomic E-state index is 13.1. The molecule has 2 N–H and O–H groups in total. The molecular formula is C26H32FN5O. The van der Waals surface area contributed by atoms with Crippen LogP contribution in [0.1, 0.15) is 36.6 Å². The molecule has 1 aromatic heterocycles. The molecule has 2 aromatic carbocycles. The van der Waals surface area contributed by atoms with Crippen LogP contribution in [0.25, 0.3) is 11.5 Å². The lowest BCUT2D eigenvalue weighted by Gasteiger charge is -2.33. The van der Waals surface area contributed by atoms with E-state index in [1.807, 2.05) is 24.3 Å². The number of aliphatic imine (C=N–C) groups is 1. The average molecular weight is 450 g/mol. The summed E-state index contributed by atoms with van der Waals surface area (Å²) in [4.78, 5) is 11.7. The van der Waals surface area contributed by atoms with E-state index in [-0.39, 0.29) is 5.82 Å². The Balaban J connectivity index is 1.29. The predicted molar refractivity (Wildman–Crippen MR) is 129 cm³/mol. The second-order valence-electron chi connectivity index (χ2n) is 8.53. The van der Waals surface area contributed by atoms with Crippen LogP contribution in [0.15, 0.2) is 64.2 Å². The Morgan fingerprint density at radius 1 is 1.12 bits per heavy atom. The van der Waals surface area contributed by atoms with Crippen LogP contribution in [0.4, 0.5) is 4.39 Å². The number of hydrogen-bond donors (Lipinski definition) is 2. The third kappa shape index (κ3) is 6.65. The smallest absolute Gasteiger partial charge is 0.226 e. The molecule has 1 fully saturated rings. The normalized spacial score (nSPS) is 15.5. The highest BCUT2D eigenvalue weighted by Gasteiger charge is 2.20. The minimum atomic E-state index is -0.186. The lowest BCUT2D eigenvalue weighted by molar-refractivity contribution is 0.198. The highest BCUT2D eigenvalue weighted by atomic mass is 19.1. The van der Waals surface area contributed by atoms with E-state index in [0.717, 1.165) is 61.8 Å². The number of piperidine rings is 1. The first-order chi connectivity index (χ1) is 16.1. The van der Waals surface area contributed by atoms with Gasteiger partial charge in [-0.1, -0.05) is 29.8 Å². The van der Waals surface area contributed by atoms with Crippen LogP contribution in [0.2, 0.25) is 0 Å². The summed E-state index contributed by atoms with van der Waals surface area (Å²) in [6.45, 7) is 8.22. The molecule has 6 nitrogen and oxygen atoms in total. The van der Waals surface area contributed by atoms with Gasteiger partial charge < -0.3 is 15.1 Å². The molecule has 3 aromatic rings. The third-order valence-corrected chi connectivity index (χ3v) is 5.84. The fourth-order valence-electron chi connectivity index (χ4n) is 3.97. The van der Waals surface area contributed by atoms with E-state index in [2.05, 4.69) is 46.5 Å². The highest BCUT2D eigenvalue weighted by Crippen LogP contribution is 2.19. The van der Waals surface area contributed by atoms with Crippen molar-refractivity contribution >= 4 is 5.96 Å². The van der Waals surface area contributed by atoms with Gasteiger partial charge in [-0.15, -0.1) is 0 Å². The van der Waals surface area contributed by atoms with Crippen LogP contribution in [-0.2, 0) is 13.1 Å². The minimum Gasteiger partial charge on any atom is -0.444 e. The van der Waals surface area contributed by atoms with E-state index in [9.17, 15) is 4.39 Å². The summed E-state index contributed by atoms with van der Waals surface area (Å²) in [5.74, 6) is 1.23. The van der Waals surface area contributed by atoms with Gasteiger partial charge in [0.15, 0.2) is 5.96 Å². The molecule has 33 heavy (non-hydrogen) atoms. The lowest BCUT2D eigenvalue weighted by Crippen LogP contribution is -2.48. The molecule has 4 rings (SSSR count). The minimum absolute atomic E-state index is 0.186. The van der Waals surface area contributed by atoms with Gasteiger partial charge in [-0.2, -0.15) is 0 Å². The molecule has 0 unspecified atom stereocenters. The highest BCUT2D eigenvalue weighted by molar-refractivity contribution is 5.80.